The molecule has 0 aliphatic carbocycles. The molecule has 0 atom stereocenters. The van der Waals surface area contributed by atoms with Crippen molar-refractivity contribution in [1.29, 1.82) is 0 Å². The van der Waals surface area contributed by atoms with E-state index in [2.05, 4.69) is 17.2 Å². The van der Waals surface area contributed by atoms with Gasteiger partial charge in [-0.2, -0.15) is 0 Å². The van der Waals surface area contributed by atoms with Gasteiger partial charge in [-0.15, -0.1) is 22.7 Å². The van der Waals surface area contributed by atoms with E-state index < -0.39 is 0 Å². The number of hydrogen-bond acceptors (Lipinski definition) is 7. The fourth-order valence-electron chi connectivity index (χ4n) is 3.63. The van der Waals surface area contributed by atoms with Crippen LogP contribution in [-0.2, 0) is 6.42 Å². The molecule has 0 saturated carbocycles. The number of thiophene rings is 1. The van der Waals surface area contributed by atoms with Crippen LogP contribution in [0.2, 0.25) is 0 Å². The van der Waals surface area contributed by atoms with Crippen LogP contribution in [0.4, 0.5) is 10.8 Å². The molecule has 2 aromatic carbocycles. The molecule has 0 fully saturated rings. The number of ether oxygens (including phenoxy) is 1. The molecule has 5 aromatic rings. The minimum Gasteiger partial charge on any atom is -0.497 e. The zero-order valence-corrected chi connectivity index (χ0v) is 21.1. The molecule has 3 aromatic heterocycles. The molecule has 0 aliphatic heterocycles. The molecule has 8 heteroatoms. The summed E-state index contributed by atoms with van der Waals surface area (Å²) in [6.45, 7) is 4.10. The third-order valence-corrected chi connectivity index (χ3v) is 7.45. The second kappa shape index (κ2) is 9.85. The largest absolute Gasteiger partial charge is 0.497 e. The molecule has 5 rings (SSSR count). The number of nitrogens with one attached hydrogen (secondary N) is 1. The Labute approximate surface area is 210 Å². The minimum atomic E-state index is -0.335. The number of rotatable bonds is 6. The van der Waals surface area contributed by atoms with E-state index in [0.717, 1.165) is 32.8 Å². The van der Waals surface area contributed by atoms with Crippen LogP contribution in [0.15, 0.2) is 75.5 Å². The van der Waals surface area contributed by atoms with E-state index in [0.29, 0.717) is 27.7 Å². The van der Waals surface area contributed by atoms with Crippen LogP contribution in [0.5, 0.6) is 5.75 Å². The highest BCUT2D eigenvalue weighted by atomic mass is 32.1. The predicted octanol–water partition coefficient (Wildman–Crippen LogP) is 6.98. The van der Waals surface area contributed by atoms with Crippen molar-refractivity contribution in [1.82, 2.24) is 4.98 Å². The molecule has 176 valence electrons. The Balaban J connectivity index is 1.58. The second-order valence-corrected chi connectivity index (χ2v) is 9.92. The summed E-state index contributed by atoms with van der Waals surface area (Å²) in [4.78, 5) is 25.1. The molecule has 0 bridgehead atoms. The summed E-state index contributed by atoms with van der Waals surface area (Å²) < 4.78 is 11.4. The number of hydrogen-bond donors (Lipinski definition) is 1. The highest BCUT2D eigenvalue weighted by molar-refractivity contribution is 7.17. The lowest BCUT2D eigenvalue weighted by Gasteiger charge is -2.06. The summed E-state index contributed by atoms with van der Waals surface area (Å²) in [6, 6.07) is 19.0. The van der Waals surface area contributed by atoms with Crippen molar-refractivity contribution in [2.75, 3.05) is 12.4 Å². The molecule has 0 spiro atoms. The van der Waals surface area contributed by atoms with Crippen LogP contribution < -0.4 is 15.6 Å². The van der Waals surface area contributed by atoms with Gasteiger partial charge < -0.3 is 9.15 Å². The third-order valence-electron chi connectivity index (χ3n) is 5.46. The number of aromatic nitrogens is 1. The van der Waals surface area contributed by atoms with Crippen molar-refractivity contribution in [2.45, 2.75) is 20.3 Å². The van der Waals surface area contributed by atoms with Gasteiger partial charge in [0.05, 0.1) is 23.4 Å². The number of carbonyl (C=O) groups excluding carboxylic acids is 1. The van der Waals surface area contributed by atoms with Crippen molar-refractivity contribution in [3.63, 3.8) is 0 Å². The van der Waals surface area contributed by atoms with Crippen molar-refractivity contribution < 1.29 is 13.9 Å². The molecular weight excluding hydrogens is 478 g/mol. The molecule has 1 amide bonds. The van der Waals surface area contributed by atoms with Gasteiger partial charge >= 0.3 is 0 Å². The van der Waals surface area contributed by atoms with E-state index in [1.807, 2.05) is 66.9 Å². The van der Waals surface area contributed by atoms with E-state index in [1.54, 1.807) is 24.5 Å². The first kappa shape index (κ1) is 23.0. The van der Waals surface area contributed by atoms with Crippen LogP contribution in [0, 0.1) is 6.92 Å². The molecule has 3 heterocycles. The van der Waals surface area contributed by atoms with Crippen LogP contribution >= 0.6 is 22.7 Å². The first-order valence-electron chi connectivity index (χ1n) is 11.1. The molecule has 0 unspecified atom stereocenters. The Kier molecular flexibility index (Phi) is 6.48. The SMILES string of the molecule is CCc1sc(NC(=O)c2cc3cc(OC)ccc3oc2=Nc2ccc(C)cc2)nc1-c1cccs1. The minimum absolute atomic E-state index is 0.231. The van der Waals surface area contributed by atoms with E-state index in [4.69, 9.17) is 14.1 Å². The Morgan fingerprint density at radius 2 is 1.97 bits per heavy atom. The van der Waals surface area contributed by atoms with Crippen LogP contribution in [0.25, 0.3) is 21.5 Å². The fourth-order valence-corrected chi connectivity index (χ4v) is 5.35. The van der Waals surface area contributed by atoms with Gasteiger partial charge in [0.1, 0.15) is 16.9 Å². The summed E-state index contributed by atoms with van der Waals surface area (Å²) >= 11 is 3.12. The topological polar surface area (TPSA) is 76.7 Å². The van der Waals surface area contributed by atoms with Gasteiger partial charge in [-0.1, -0.05) is 30.7 Å². The summed E-state index contributed by atoms with van der Waals surface area (Å²) in [5.41, 5.74) is 3.90. The smallest absolute Gasteiger partial charge is 0.262 e. The molecule has 0 radical (unpaired) electrons. The average molecular weight is 502 g/mol. The highest BCUT2D eigenvalue weighted by Crippen LogP contribution is 2.34. The van der Waals surface area contributed by atoms with E-state index >= 15 is 0 Å². The quantitative estimate of drug-likeness (QED) is 0.272. The maximum atomic E-state index is 13.5. The number of thiazole rings is 1. The summed E-state index contributed by atoms with van der Waals surface area (Å²) in [5.74, 6) is 0.342. The number of methoxy groups -OCH3 is 1. The standard InChI is InChI=1S/C27H23N3O3S2/c1-4-22-24(23-6-5-13-34-23)29-27(35-22)30-25(31)20-15-17-14-19(32-3)11-12-21(17)33-26(20)28-18-9-7-16(2)8-10-18/h5-15H,4H2,1-3H3,(H,29,30,31). The molecule has 6 nitrogen and oxygen atoms in total. The van der Waals surface area contributed by atoms with Gasteiger partial charge in [0.15, 0.2) is 5.13 Å². The van der Waals surface area contributed by atoms with Gasteiger partial charge in [-0.3, -0.25) is 10.1 Å². The Morgan fingerprint density at radius 3 is 2.69 bits per heavy atom. The third kappa shape index (κ3) is 4.89. The Hall–Kier alpha value is -3.75. The first-order chi connectivity index (χ1) is 17.0. The number of amides is 1. The molecule has 35 heavy (non-hydrogen) atoms. The normalized spacial score (nSPS) is 11.7. The maximum Gasteiger partial charge on any atom is 0.262 e. The van der Waals surface area contributed by atoms with Gasteiger partial charge in [-0.05, 0) is 61.2 Å². The lowest BCUT2D eigenvalue weighted by Crippen LogP contribution is -2.21. The second-order valence-electron chi connectivity index (χ2n) is 7.89. The van der Waals surface area contributed by atoms with Crippen molar-refractivity contribution in [2.24, 2.45) is 4.99 Å². The lowest BCUT2D eigenvalue weighted by atomic mass is 10.1. The summed E-state index contributed by atoms with van der Waals surface area (Å²) in [5, 5.41) is 6.27. The number of carbonyl (C=O) groups is 1. The monoisotopic (exact) mass is 501 g/mol. The lowest BCUT2D eigenvalue weighted by molar-refractivity contribution is 0.102. The maximum absolute atomic E-state index is 13.5. The van der Waals surface area contributed by atoms with Gasteiger partial charge in [0, 0.05) is 10.3 Å². The Morgan fingerprint density at radius 1 is 1.14 bits per heavy atom. The zero-order valence-electron chi connectivity index (χ0n) is 19.5. The van der Waals surface area contributed by atoms with Crippen molar-refractivity contribution in [3.8, 4) is 16.3 Å². The number of fused-ring (bicyclic) bond motifs is 1. The fraction of sp³-hybridized carbons (Fsp3) is 0.148. The number of anilines is 1. The van der Waals surface area contributed by atoms with Crippen LogP contribution in [-0.4, -0.2) is 18.0 Å². The van der Waals surface area contributed by atoms with Crippen LogP contribution in [0.3, 0.4) is 0 Å². The van der Waals surface area contributed by atoms with E-state index in [9.17, 15) is 4.79 Å². The number of benzene rings is 2. The Bertz CT molecular complexity index is 1570. The summed E-state index contributed by atoms with van der Waals surface area (Å²) in [7, 11) is 1.60. The molecule has 0 aliphatic rings. The highest BCUT2D eigenvalue weighted by Gasteiger charge is 2.18. The van der Waals surface area contributed by atoms with Crippen molar-refractivity contribution >= 4 is 50.4 Å². The molecule has 1 N–H and O–H groups in total. The molecule has 0 saturated heterocycles. The summed E-state index contributed by atoms with van der Waals surface area (Å²) in [6.07, 6.45) is 0.833. The van der Waals surface area contributed by atoms with E-state index in [-0.39, 0.29) is 11.5 Å². The first-order valence-corrected chi connectivity index (χ1v) is 12.8. The van der Waals surface area contributed by atoms with Crippen LogP contribution in [0.1, 0.15) is 27.7 Å². The van der Waals surface area contributed by atoms with Crippen molar-refractivity contribution in [3.05, 3.63) is 87.6 Å². The van der Waals surface area contributed by atoms with E-state index in [1.165, 1.54) is 11.3 Å². The van der Waals surface area contributed by atoms with Gasteiger partial charge in [-0.25, -0.2) is 9.98 Å². The number of nitrogens with zero attached hydrogens (tertiary/aromatic N) is 2. The molecular formula is C27H23N3O3S2. The average Bonchev–Trinajstić information content (AvgIpc) is 3.54. The predicted molar refractivity (Wildman–Crippen MR) is 142 cm³/mol. The van der Waals surface area contributed by atoms with Gasteiger partial charge in [0.25, 0.3) is 5.91 Å². The zero-order chi connectivity index (χ0) is 24.4. The van der Waals surface area contributed by atoms with Gasteiger partial charge in [0.2, 0.25) is 5.55 Å². The number of aryl methyl sites for hydroxylation is 2.